The SMILES string of the molecule is COc1ccc(-c2cc(N3CCNC3=O)ccc2S(N)(=O)=O)cc1OC. The summed E-state index contributed by atoms with van der Waals surface area (Å²) in [6.45, 7) is 1.03. The van der Waals surface area contributed by atoms with Gasteiger partial charge in [-0.05, 0) is 35.9 Å². The van der Waals surface area contributed by atoms with Crippen molar-refractivity contribution >= 4 is 21.7 Å². The van der Waals surface area contributed by atoms with Gasteiger partial charge in [-0.2, -0.15) is 0 Å². The van der Waals surface area contributed by atoms with Crippen molar-refractivity contribution in [3.05, 3.63) is 36.4 Å². The van der Waals surface area contributed by atoms with Crippen LogP contribution in [0.5, 0.6) is 11.5 Å². The van der Waals surface area contributed by atoms with Crippen molar-refractivity contribution in [2.45, 2.75) is 4.90 Å². The molecule has 0 radical (unpaired) electrons. The number of nitrogens with one attached hydrogen (secondary N) is 1. The number of amides is 2. The highest BCUT2D eigenvalue weighted by Gasteiger charge is 2.24. The van der Waals surface area contributed by atoms with E-state index in [0.29, 0.717) is 41.4 Å². The Kier molecular flexibility index (Phi) is 4.75. The number of primary sulfonamides is 1. The number of rotatable bonds is 5. The van der Waals surface area contributed by atoms with Crippen molar-refractivity contribution in [2.75, 3.05) is 32.2 Å². The maximum absolute atomic E-state index is 12.0. The highest BCUT2D eigenvalue weighted by Crippen LogP contribution is 2.36. The molecule has 138 valence electrons. The Labute approximate surface area is 151 Å². The number of ether oxygens (including phenoxy) is 2. The molecule has 1 aliphatic heterocycles. The van der Waals surface area contributed by atoms with Gasteiger partial charge in [0.05, 0.1) is 19.1 Å². The number of nitrogens with two attached hydrogens (primary N) is 1. The number of carbonyl (C=O) groups is 1. The third-order valence-corrected chi connectivity index (χ3v) is 5.10. The topological polar surface area (TPSA) is 111 Å². The predicted octanol–water partition coefficient (Wildman–Crippen LogP) is 1.55. The Morgan fingerprint density at radius 3 is 2.38 bits per heavy atom. The zero-order chi connectivity index (χ0) is 18.9. The van der Waals surface area contributed by atoms with E-state index in [4.69, 9.17) is 14.6 Å². The molecule has 0 aliphatic carbocycles. The van der Waals surface area contributed by atoms with E-state index in [9.17, 15) is 13.2 Å². The van der Waals surface area contributed by atoms with Crippen LogP contribution in [-0.2, 0) is 10.0 Å². The normalized spacial score (nSPS) is 14.3. The number of anilines is 1. The zero-order valence-electron chi connectivity index (χ0n) is 14.4. The summed E-state index contributed by atoms with van der Waals surface area (Å²) in [5.41, 5.74) is 1.54. The van der Waals surface area contributed by atoms with Gasteiger partial charge in [0.2, 0.25) is 10.0 Å². The lowest BCUT2D eigenvalue weighted by Gasteiger charge is -2.18. The molecule has 0 aromatic heterocycles. The number of methoxy groups -OCH3 is 2. The summed E-state index contributed by atoms with van der Waals surface area (Å²) in [5, 5.41) is 8.09. The lowest BCUT2D eigenvalue weighted by Crippen LogP contribution is -2.27. The molecule has 0 atom stereocenters. The van der Waals surface area contributed by atoms with E-state index in [1.54, 1.807) is 30.3 Å². The first-order valence-corrected chi connectivity index (χ1v) is 9.34. The van der Waals surface area contributed by atoms with Gasteiger partial charge in [-0.15, -0.1) is 0 Å². The molecule has 0 saturated carbocycles. The molecular formula is C17H19N3O5S. The summed E-state index contributed by atoms with van der Waals surface area (Å²) in [6, 6.07) is 9.42. The van der Waals surface area contributed by atoms with Gasteiger partial charge in [0.25, 0.3) is 0 Å². The van der Waals surface area contributed by atoms with Crippen LogP contribution >= 0.6 is 0 Å². The quantitative estimate of drug-likeness (QED) is 0.821. The molecule has 3 N–H and O–H groups in total. The number of sulfonamides is 1. The second-order valence-corrected chi connectivity index (χ2v) is 7.21. The molecule has 0 spiro atoms. The second kappa shape index (κ2) is 6.85. The summed E-state index contributed by atoms with van der Waals surface area (Å²) in [4.78, 5) is 13.4. The molecule has 0 bridgehead atoms. The van der Waals surface area contributed by atoms with Crippen molar-refractivity contribution < 1.29 is 22.7 Å². The minimum Gasteiger partial charge on any atom is -0.493 e. The van der Waals surface area contributed by atoms with E-state index in [1.165, 1.54) is 25.2 Å². The van der Waals surface area contributed by atoms with E-state index < -0.39 is 10.0 Å². The highest BCUT2D eigenvalue weighted by molar-refractivity contribution is 7.89. The Balaban J connectivity index is 2.18. The molecule has 1 saturated heterocycles. The lowest BCUT2D eigenvalue weighted by molar-refractivity contribution is 0.252. The fraction of sp³-hybridized carbons (Fsp3) is 0.235. The van der Waals surface area contributed by atoms with Crippen LogP contribution in [0.4, 0.5) is 10.5 Å². The Morgan fingerprint density at radius 1 is 1.08 bits per heavy atom. The van der Waals surface area contributed by atoms with Crippen molar-refractivity contribution in [3.63, 3.8) is 0 Å². The summed E-state index contributed by atoms with van der Waals surface area (Å²) < 4.78 is 34.6. The fourth-order valence-electron chi connectivity index (χ4n) is 2.88. The molecule has 2 aromatic carbocycles. The number of benzene rings is 2. The van der Waals surface area contributed by atoms with Crippen LogP contribution in [0, 0.1) is 0 Å². The first-order chi connectivity index (χ1) is 12.3. The van der Waals surface area contributed by atoms with Crippen molar-refractivity contribution in [1.29, 1.82) is 0 Å². The van der Waals surface area contributed by atoms with Crippen LogP contribution in [0.3, 0.4) is 0 Å². The van der Waals surface area contributed by atoms with Crippen molar-refractivity contribution in [3.8, 4) is 22.6 Å². The summed E-state index contributed by atoms with van der Waals surface area (Å²) in [5.74, 6) is 0.971. The zero-order valence-corrected chi connectivity index (χ0v) is 15.2. The average molecular weight is 377 g/mol. The molecule has 1 aliphatic rings. The minimum atomic E-state index is -3.96. The molecule has 0 unspecified atom stereocenters. The lowest BCUT2D eigenvalue weighted by atomic mass is 10.0. The number of hydrogen-bond donors (Lipinski definition) is 2. The van der Waals surface area contributed by atoms with E-state index in [2.05, 4.69) is 5.32 Å². The highest BCUT2D eigenvalue weighted by atomic mass is 32.2. The molecular weight excluding hydrogens is 358 g/mol. The van der Waals surface area contributed by atoms with Gasteiger partial charge in [0.1, 0.15) is 0 Å². The summed E-state index contributed by atoms with van der Waals surface area (Å²) in [7, 11) is -0.955. The number of urea groups is 1. The molecule has 2 aromatic rings. The van der Waals surface area contributed by atoms with Gasteiger partial charge < -0.3 is 14.8 Å². The second-order valence-electron chi connectivity index (χ2n) is 5.68. The third-order valence-electron chi connectivity index (χ3n) is 4.13. The molecule has 2 amide bonds. The molecule has 1 heterocycles. The van der Waals surface area contributed by atoms with Gasteiger partial charge in [0.15, 0.2) is 11.5 Å². The average Bonchev–Trinajstić information content (AvgIpc) is 3.05. The predicted molar refractivity (Wildman–Crippen MR) is 97.1 cm³/mol. The van der Waals surface area contributed by atoms with E-state index in [0.717, 1.165) is 0 Å². The van der Waals surface area contributed by atoms with Gasteiger partial charge in [-0.3, -0.25) is 4.90 Å². The monoisotopic (exact) mass is 377 g/mol. The fourth-order valence-corrected chi connectivity index (χ4v) is 3.62. The van der Waals surface area contributed by atoms with Gasteiger partial charge >= 0.3 is 6.03 Å². The van der Waals surface area contributed by atoms with E-state index in [1.807, 2.05) is 0 Å². The molecule has 8 nitrogen and oxygen atoms in total. The minimum absolute atomic E-state index is 0.0342. The van der Waals surface area contributed by atoms with Crippen LogP contribution in [0.1, 0.15) is 0 Å². The Morgan fingerprint density at radius 2 is 1.81 bits per heavy atom. The van der Waals surface area contributed by atoms with Crippen LogP contribution < -0.4 is 24.8 Å². The number of nitrogens with zero attached hydrogens (tertiary/aromatic N) is 1. The smallest absolute Gasteiger partial charge is 0.321 e. The van der Waals surface area contributed by atoms with E-state index in [-0.39, 0.29) is 10.9 Å². The van der Waals surface area contributed by atoms with Crippen LogP contribution in [0.15, 0.2) is 41.3 Å². The summed E-state index contributed by atoms with van der Waals surface area (Å²) >= 11 is 0. The molecule has 1 fully saturated rings. The first-order valence-electron chi connectivity index (χ1n) is 7.80. The number of carbonyl (C=O) groups excluding carboxylic acids is 1. The standard InChI is InChI=1S/C17H19N3O5S/c1-24-14-5-3-11(9-15(14)25-2)13-10-12(20-8-7-19-17(20)21)4-6-16(13)26(18,22)23/h3-6,9-10H,7-8H2,1-2H3,(H,19,21)(H2,18,22,23). The summed E-state index contributed by atoms with van der Waals surface area (Å²) in [6.07, 6.45) is 0. The third kappa shape index (κ3) is 3.31. The van der Waals surface area contributed by atoms with Crippen LogP contribution in [-0.4, -0.2) is 41.8 Å². The molecule has 3 rings (SSSR count). The van der Waals surface area contributed by atoms with Crippen molar-refractivity contribution in [1.82, 2.24) is 5.32 Å². The Hall–Kier alpha value is -2.78. The number of hydrogen-bond acceptors (Lipinski definition) is 5. The molecule has 9 heteroatoms. The maximum Gasteiger partial charge on any atom is 0.321 e. The maximum atomic E-state index is 12.0. The van der Waals surface area contributed by atoms with E-state index >= 15 is 0 Å². The first kappa shape index (κ1) is 18.0. The largest absolute Gasteiger partial charge is 0.493 e. The van der Waals surface area contributed by atoms with Crippen LogP contribution in [0.25, 0.3) is 11.1 Å². The van der Waals surface area contributed by atoms with Crippen molar-refractivity contribution in [2.24, 2.45) is 5.14 Å². The molecule has 26 heavy (non-hydrogen) atoms. The van der Waals surface area contributed by atoms with Gasteiger partial charge in [-0.25, -0.2) is 18.4 Å². The Bertz CT molecular complexity index is 959. The van der Waals surface area contributed by atoms with Gasteiger partial charge in [-0.1, -0.05) is 6.07 Å². The van der Waals surface area contributed by atoms with Gasteiger partial charge in [0, 0.05) is 24.3 Å². The van der Waals surface area contributed by atoms with Crippen LogP contribution in [0.2, 0.25) is 0 Å².